The van der Waals surface area contributed by atoms with Gasteiger partial charge < -0.3 is 4.74 Å². The first-order valence-corrected chi connectivity index (χ1v) is 6.75. The molecule has 2 aromatic rings. The van der Waals surface area contributed by atoms with Crippen LogP contribution >= 0.6 is 11.6 Å². The monoisotopic (exact) mass is 266 g/mol. The van der Waals surface area contributed by atoms with E-state index in [0.717, 1.165) is 12.8 Å². The summed E-state index contributed by atoms with van der Waals surface area (Å²) in [5.41, 5.74) is 0.633. The average molecular weight is 267 g/mol. The summed E-state index contributed by atoms with van der Waals surface area (Å²) >= 11 is 5.88. The van der Waals surface area contributed by atoms with E-state index in [1.165, 1.54) is 30.2 Å². The summed E-state index contributed by atoms with van der Waals surface area (Å²) < 4.78 is 7.42. The maximum Gasteiger partial charge on any atom is 0.246 e. The van der Waals surface area contributed by atoms with Crippen molar-refractivity contribution in [3.8, 4) is 5.88 Å². The quantitative estimate of drug-likeness (QED) is 0.785. The zero-order valence-corrected chi connectivity index (χ0v) is 10.8. The molecule has 0 unspecified atom stereocenters. The van der Waals surface area contributed by atoms with Crippen LogP contribution in [0.25, 0.3) is 5.65 Å². The van der Waals surface area contributed by atoms with Crippen LogP contribution < -0.4 is 4.74 Å². The first kappa shape index (κ1) is 11.7. The van der Waals surface area contributed by atoms with Crippen LogP contribution in [0.5, 0.6) is 5.88 Å². The lowest BCUT2D eigenvalue weighted by molar-refractivity contribution is 0.174. The molecule has 0 N–H and O–H groups in total. The van der Waals surface area contributed by atoms with Crippen LogP contribution in [-0.2, 0) is 0 Å². The van der Waals surface area contributed by atoms with Gasteiger partial charge in [-0.1, -0.05) is 12.8 Å². The van der Waals surface area contributed by atoms with E-state index in [9.17, 15) is 0 Å². The molecule has 5 nitrogen and oxygen atoms in total. The van der Waals surface area contributed by atoms with E-state index in [0.29, 0.717) is 11.5 Å². The molecule has 1 fully saturated rings. The highest BCUT2D eigenvalue weighted by Crippen LogP contribution is 2.22. The fraction of sp³-hybridized carbons (Fsp3) is 0.583. The summed E-state index contributed by atoms with van der Waals surface area (Å²) in [7, 11) is 0. The third-order valence-electron chi connectivity index (χ3n) is 3.29. The van der Waals surface area contributed by atoms with E-state index in [4.69, 9.17) is 16.3 Å². The van der Waals surface area contributed by atoms with Gasteiger partial charge in [0.05, 0.1) is 0 Å². The third-order valence-corrected chi connectivity index (χ3v) is 3.53. The van der Waals surface area contributed by atoms with Crippen molar-refractivity contribution in [3.63, 3.8) is 0 Å². The van der Waals surface area contributed by atoms with Crippen LogP contribution in [0.2, 0.25) is 5.28 Å². The van der Waals surface area contributed by atoms with Gasteiger partial charge in [0.15, 0.2) is 5.65 Å². The summed E-state index contributed by atoms with van der Waals surface area (Å²) in [6, 6.07) is 3.64. The van der Waals surface area contributed by atoms with E-state index in [1.54, 1.807) is 0 Å². The van der Waals surface area contributed by atoms with Crippen LogP contribution in [-0.4, -0.2) is 25.9 Å². The number of nitrogens with zero attached hydrogens (tertiary/aromatic N) is 4. The minimum absolute atomic E-state index is 0.260. The van der Waals surface area contributed by atoms with Crippen LogP contribution in [0.1, 0.15) is 38.5 Å². The van der Waals surface area contributed by atoms with Crippen molar-refractivity contribution in [3.05, 3.63) is 17.4 Å². The molecule has 0 amide bonds. The van der Waals surface area contributed by atoms with Crippen LogP contribution in [0.15, 0.2) is 12.1 Å². The zero-order chi connectivity index (χ0) is 12.4. The number of ether oxygens (including phenoxy) is 1. The Morgan fingerprint density at radius 2 is 1.89 bits per heavy atom. The van der Waals surface area contributed by atoms with Gasteiger partial charge in [-0.05, 0) is 43.4 Å². The predicted octanol–water partition coefficient (Wildman–Crippen LogP) is 2.88. The van der Waals surface area contributed by atoms with Gasteiger partial charge in [-0.25, -0.2) is 0 Å². The normalized spacial score (nSPS) is 17.8. The highest BCUT2D eigenvalue weighted by atomic mass is 35.5. The molecule has 0 bridgehead atoms. The van der Waals surface area contributed by atoms with Crippen LogP contribution in [0.4, 0.5) is 0 Å². The molecule has 0 radical (unpaired) electrons. The van der Waals surface area contributed by atoms with Crippen molar-refractivity contribution >= 4 is 17.2 Å². The number of hydrogen-bond acceptors (Lipinski definition) is 4. The first-order chi connectivity index (χ1) is 8.83. The van der Waals surface area contributed by atoms with E-state index in [-0.39, 0.29) is 11.4 Å². The average Bonchev–Trinajstić information content (AvgIpc) is 2.61. The molecule has 1 saturated carbocycles. The van der Waals surface area contributed by atoms with Gasteiger partial charge in [0, 0.05) is 6.07 Å². The van der Waals surface area contributed by atoms with Crippen molar-refractivity contribution in [2.75, 3.05) is 0 Å². The zero-order valence-electron chi connectivity index (χ0n) is 10.0. The van der Waals surface area contributed by atoms with E-state index < -0.39 is 0 Å². The highest BCUT2D eigenvalue weighted by molar-refractivity contribution is 6.28. The van der Waals surface area contributed by atoms with Gasteiger partial charge in [0.25, 0.3) is 0 Å². The summed E-state index contributed by atoms with van der Waals surface area (Å²) in [6.45, 7) is 0. The van der Waals surface area contributed by atoms with Gasteiger partial charge in [0.1, 0.15) is 6.10 Å². The Kier molecular flexibility index (Phi) is 3.32. The summed E-state index contributed by atoms with van der Waals surface area (Å²) in [5, 5.41) is 12.2. The lowest BCUT2D eigenvalue weighted by Gasteiger charge is -2.15. The fourth-order valence-electron chi connectivity index (χ4n) is 2.34. The summed E-state index contributed by atoms with van der Waals surface area (Å²) in [4.78, 5) is 0. The fourth-order valence-corrected chi connectivity index (χ4v) is 2.50. The van der Waals surface area contributed by atoms with Gasteiger partial charge in [-0.3, -0.25) is 0 Å². The van der Waals surface area contributed by atoms with Crippen molar-refractivity contribution in [1.82, 2.24) is 19.8 Å². The minimum Gasteiger partial charge on any atom is -0.473 e. The highest BCUT2D eigenvalue weighted by Gasteiger charge is 2.15. The maximum atomic E-state index is 5.92. The SMILES string of the molecule is Clc1nnc2ccc(OC3CCCCCC3)nn12. The lowest BCUT2D eigenvalue weighted by atomic mass is 10.1. The summed E-state index contributed by atoms with van der Waals surface area (Å²) in [5.74, 6) is 0.594. The maximum absolute atomic E-state index is 5.92. The molecule has 0 saturated heterocycles. The van der Waals surface area contributed by atoms with E-state index in [1.807, 2.05) is 12.1 Å². The largest absolute Gasteiger partial charge is 0.473 e. The Morgan fingerprint density at radius 3 is 2.67 bits per heavy atom. The predicted molar refractivity (Wildman–Crippen MR) is 67.9 cm³/mol. The number of halogens is 1. The molecule has 0 aliphatic heterocycles. The number of rotatable bonds is 2. The molecule has 6 heteroatoms. The first-order valence-electron chi connectivity index (χ1n) is 6.37. The Balaban J connectivity index is 1.78. The van der Waals surface area contributed by atoms with Gasteiger partial charge in [0.2, 0.25) is 11.2 Å². The Labute approximate surface area is 110 Å². The van der Waals surface area contributed by atoms with E-state index >= 15 is 0 Å². The second-order valence-electron chi connectivity index (χ2n) is 4.64. The number of hydrogen-bond donors (Lipinski definition) is 0. The summed E-state index contributed by atoms with van der Waals surface area (Å²) in [6.07, 6.45) is 7.58. The van der Waals surface area contributed by atoms with E-state index in [2.05, 4.69) is 15.3 Å². The van der Waals surface area contributed by atoms with Gasteiger partial charge in [-0.2, -0.15) is 4.52 Å². The molecule has 2 aromatic heterocycles. The van der Waals surface area contributed by atoms with Crippen molar-refractivity contribution < 1.29 is 4.74 Å². The second kappa shape index (κ2) is 5.10. The van der Waals surface area contributed by atoms with Crippen molar-refractivity contribution in [2.24, 2.45) is 0 Å². The van der Waals surface area contributed by atoms with Crippen molar-refractivity contribution in [1.29, 1.82) is 0 Å². The van der Waals surface area contributed by atoms with Crippen LogP contribution in [0, 0.1) is 0 Å². The molecule has 1 aliphatic rings. The number of fused-ring (bicyclic) bond motifs is 1. The van der Waals surface area contributed by atoms with Gasteiger partial charge >= 0.3 is 0 Å². The minimum atomic E-state index is 0.260. The Morgan fingerprint density at radius 1 is 1.11 bits per heavy atom. The molecule has 2 heterocycles. The molecular formula is C12H15ClN4O. The van der Waals surface area contributed by atoms with Gasteiger partial charge in [-0.15, -0.1) is 15.3 Å². The molecular weight excluding hydrogens is 252 g/mol. The topological polar surface area (TPSA) is 52.3 Å². The van der Waals surface area contributed by atoms with Crippen molar-refractivity contribution in [2.45, 2.75) is 44.6 Å². The molecule has 0 atom stereocenters. The Bertz CT molecular complexity index is 534. The van der Waals surface area contributed by atoms with Crippen LogP contribution in [0.3, 0.4) is 0 Å². The Hall–Kier alpha value is -1.36. The lowest BCUT2D eigenvalue weighted by Crippen LogP contribution is -2.16. The molecule has 3 rings (SSSR count). The second-order valence-corrected chi connectivity index (χ2v) is 4.98. The standard InChI is InChI=1S/C12H15ClN4O/c13-12-15-14-10-7-8-11(16-17(10)12)18-9-5-3-1-2-4-6-9/h7-9H,1-6H2. The molecule has 1 aliphatic carbocycles. The number of aromatic nitrogens is 4. The molecule has 18 heavy (non-hydrogen) atoms. The molecule has 0 spiro atoms. The molecule has 96 valence electrons. The third kappa shape index (κ3) is 2.41. The molecule has 0 aromatic carbocycles. The smallest absolute Gasteiger partial charge is 0.246 e.